The van der Waals surface area contributed by atoms with E-state index < -0.39 is 29.9 Å². The molecule has 0 radical (unpaired) electrons. The zero-order chi connectivity index (χ0) is 13.5. The van der Waals surface area contributed by atoms with Crippen LogP contribution in [0.15, 0.2) is 18.2 Å². The molecule has 1 rings (SSSR count). The number of halogens is 2. The Hall–Kier alpha value is -1.98. The summed E-state index contributed by atoms with van der Waals surface area (Å²) in [5, 5.41) is 10.8. The third-order valence-corrected chi connectivity index (χ3v) is 2.29. The van der Waals surface area contributed by atoms with E-state index in [4.69, 9.17) is 5.11 Å². The van der Waals surface area contributed by atoms with Gasteiger partial charge >= 0.3 is 5.97 Å². The van der Waals surface area contributed by atoms with Gasteiger partial charge in [-0.3, -0.25) is 9.59 Å². The first kappa shape index (κ1) is 14.1. The molecule has 0 saturated carbocycles. The van der Waals surface area contributed by atoms with Crippen LogP contribution in [0.5, 0.6) is 0 Å². The van der Waals surface area contributed by atoms with Crippen LogP contribution >= 0.6 is 0 Å². The van der Waals surface area contributed by atoms with E-state index in [0.717, 1.165) is 12.1 Å². The number of hydrogen-bond acceptors (Lipinski definition) is 2. The molecule has 1 amide bonds. The quantitative estimate of drug-likeness (QED) is 0.759. The lowest BCUT2D eigenvalue weighted by Gasteiger charge is -2.06. The average molecular weight is 257 g/mol. The van der Waals surface area contributed by atoms with E-state index in [0.29, 0.717) is 0 Å². The Morgan fingerprint density at radius 2 is 1.83 bits per heavy atom. The van der Waals surface area contributed by atoms with E-state index in [2.05, 4.69) is 5.32 Å². The van der Waals surface area contributed by atoms with Crippen LogP contribution in [0.2, 0.25) is 0 Å². The van der Waals surface area contributed by atoms with Crippen LogP contribution in [0.25, 0.3) is 0 Å². The van der Waals surface area contributed by atoms with Crippen LogP contribution in [-0.2, 0) is 16.0 Å². The van der Waals surface area contributed by atoms with Gasteiger partial charge in [-0.2, -0.15) is 0 Å². The van der Waals surface area contributed by atoms with Crippen molar-refractivity contribution in [1.29, 1.82) is 0 Å². The first-order valence-corrected chi connectivity index (χ1v) is 5.42. The molecule has 6 heteroatoms. The normalized spacial score (nSPS) is 10.1. The van der Waals surface area contributed by atoms with Gasteiger partial charge in [0.2, 0.25) is 5.91 Å². The smallest absolute Gasteiger partial charge is 0.303 e. The van der Waals surface area contributed by atoms with E-state index in [1.54, 1.807) is 0 Å². The number of nitrogens with one attached hydrogen (secondary N) is 1. The lowest BCUT2D eigenvalue weighted by atomic mass is 10.1. The number of carbonyl (C=O) groups excluding carboxylic acids is 1. The van der Waals surface area contributed by atoms with E-state index in [-0.39, 0.29) is 24.9 Å². The first-order valence-electron chi connectivity index (χ1n) is 5.42. The number of carbonyl (C=O) groups is 2. The highest BCUT2D eigenvalue weighted by Crippen LogP contribution is 2.12. The Morgan fingerprint density at radius 1 is 1.22 bits per heavy atom. The van der Waals surface area contributed by atoms with Crippen molar-refractivity contribution in [1.82, 2.24) is 5.32 Å². The van der Waals surface area contributed by atoms with Crippen molar-refractivity contribution in [3.63, 3.8) is 0 Å². The molecular weight excluding hydrogens is 244 g/mol. The van der Waals surface area contributed by atoms with Crippen molar-refractivity contribution >= 4 is 11.9 Å². The summed E-state index contributed by atoms with van der Waals surface area (Å²) in [5.74, 6) is -3.03. The fourth-order valence-electron chi connectivity index (χ4n) is 1.39. The maximum Gasteiger partial charge on any atom is 0.303 e. The number of carboxylic acids is 1. The zero-order valence-corrected chi connectivity index (χ0v) is 9.58. The van der Waals surface area contributed by atoms with Gasteiger partial charge in [0.25, 0.3) is 0 Å². The van der Waals surface area contributed by atoms with Gasteiger partial charge in [-0.1, -0.05) is 6.07 Å². The van der Waals surface area contributed by atoms with Crippen LogP contribution in [0.3, 0.4) is 0 Å². The maximum atomic E-state index is 13.2. The standard InChI is InChI=1S/C12H13F2NO3/c13-9-3-1-4-10(14)8(9)7-11(16)15-6-2-5-12(17)18/h1,3-4H,2,5-7H2,(H,15,16)(H,17,18). The second-order valence-electron chi connectivity index (χ2n) is 3.72. The highest BCUT2D eigenvalue weighted by atomic mass is 19.1. The minimum Gasteiger partial charge on any atom is -0.481 e. The molecule has 0 aliphatic heterocycles. The largest absolute Gasteiger partial charge is 0.481 e. The summed E-state index contributed by atoms with van der Waals surface area (Å²) in [7, 11) is 0. The lowest BCUT2D eigenvalue weighted by molar-refractivity contribution is -0.137. The van der Waals surface area contributed by atoms with Gasteiger partial charge < -0.3 is 10.4 Å². The highest BCUT2D eigenvalue weighted by molar-refractivity contribution is 5.78. The van der Waals surface area contributed by atoms with Gasteiger partial charge in [-0.25, -0.2) is 8.78 Å². The lowest BCUT2D eigenvalue weighted by Crippen LogP contribution is -2.27. The molecule has 0 aliphatic carbocycles. The summed E-state index contributed by atoms with van der Waals surface area (Å²) in [6.07, 6.45) is -0.180. The summed E-state index contributed by atoms with van der Waals surface area (Å²) in [5.41, 5.74) is -0.284. The number of carboxylic acid groups (broad SMARTS) is 1. The van der Waals surface area contributed by atoms with Crippen molar-refractivity contribution in [2.24, 2.45) is 0 Å². The first-order chi connectivity index (χ1) is 8.50. The molecule has 0 spiro atoms. The Kier molecular flexibility index (Phi) is 5.23. The molecule has 0 saturated heterocycles. The number of hydrogen-bond donors (Lipinski definition) is 2. The van der Waals surface area contributed by atoms with Crippen molar-refractivity contribution in [2.45, 2.75) is 19.3 Å². The molecule has 0 heterocycles. The third kappa shape index (κ3) is 4.48. The van der Waals surface area contributed by atoms with Gasteiger partial charge in [-0.15, -0.1) is 0 Å². The number of aliphatic carboxylic acids is 1. The molecule has 0 bridgehead atoms. The number of amides is 1. The predicted octanol–water partition coefficient (Wildman–Crippen LogP) is 1.49. The van der Waals surface area contributed by atoms with Crippen molar-refractivity contribution in [3.05, 3.63) is 35.4 Å². The molecule has 98 valence electrons. The molecule has 2 N–H and O–H groups in total. The summed E-state index contributed by atoms with van der Waals surface area (Å²) >= 11 is 0. The maximum absolute atomic E-state index is 13.2. The van der Waals surface area contributed by atoms with Crippen molar-refractivity contribution < 1.29 is 23.5 Å². The second kappa shape index (κ2) is 6.68. The monoisotopic (exact) mass is 257 g/mol. The van der Waals surface area contributed by atoms with Crippen LogP contribution in [0.1, 0.15) is 18.4 Å². The molecule has 4 nitrogen and oxygen atoms in total. The van der Waals surface area contributed by atoms with E-state index in [1.807, 2.05) is 0 Å². The van der Waals surface area contributed by atoms with Gasteiger partial charge in [-0.05, 0) is 18.6 Å². The number of rotatable bonds is 6. The van der Waals surface area contributed by atoms with Gasteiger partial charge in [0.05, 0.1) is 6.42 Å². The Morgan fingerprint density at radius 3 is 2.39 bits per heavy atom. The average Bonchev–Trinajstić information content (AvgIpc) is 2.29. The van der Waals surface area contributed by atoms with Gasteiger partial charge in [0.15, 0.2) is 0 Å². The molecule has 0 atom stereocenters. The fourth-order valence-corrected chi connectivity index (χ4v) is 1.39. The Balaban J connectivity index is 2.43. The van der Waals surface area contributed by atoms with E-state index in [1.165, 1.54) is 6.07 Å². The second-order valence-corrected chi connectivity index (χ2v) is 3.72. The molecule has 0 fully saturated rings. The molecular formula is C12H13F2NO3. The van der Waals surface area contributed by atoms with E-state index in [9.17, 15) is 18.4 Å². The Labute approximate surface area is 103 Å². The minimum atomic E-state index is -0.954. The SMILES string of the molecule is O=C(O)CCCNC(=O)Cc1c(F)cccc1F. The summed E-state index contributed by atoms with van der Waals surface area (Å²) < 4.78 is 26.4. The molecule has 1 aromatic rings. The van der Waals surface area contributed by atoms with Crippen molar-refractivity contribution in [2.75, 3.05) is 6.54 Å². The molecule has 0 unspecified atom stereocenters. The fraction of sp³-hybridized carbons (Fsp3) is 0.333. The molecule has 0 aliphatic rings. The van der Waals surface area contributed by atoms with Crippen LogP contribution < -0.4 is 5.32 Å². The minimum absolute atomic E-state index is 0.0612. The van der Waals surface area contributed by atoms with Gasteiger partial charge in [0, 0.05) is 18.5 Å². The summed E-state index contributed by atoms with van der Waals surface area (Å²) in [6.45, 7) is 0.168. The van der Waals surface area contributed by atoms with E-state index >= 15 is 0 Å². The number of benzene rings is 1. The van der Waals surface area contributed by atoms with Crippen LogP contribution in [-0.4, -0.2) is 23.5 Å². The summed E-state index contributed by atoms with van der Waals surface area (Å²) in [4.78, 5) is 21.6. The molecule has 18 heavy (non-hydrogen) atoms. The summed E-state index contributed by atoms with van der Waals surface area (Å²) in [6, 6.07) is 3.38. The topological polar surface area (TPSA) is 66.4 Å². The molecule has 0 aromatic heterocycles. The zero-order valence-electron chi connectivity index (χ0n) is 9.58. The van der Waals surface area contributed by atoms with Gasteiger partial charge in [0.1, 0.15) is 11.6 Å². The van der Waals surface area contributed by atoms with Crippen LogP contribution in [0, 0.1) is 11.6 Å². The molecule has 1 aromatic carbocycles. The Bertz CT molecular complexity index is 429. The van der Waals surface area contributed by atoms with Crippen LogP contribution in [0.4, 0.5) is 8.78 Å². The third-order valence-electron chi connectivity index (χ3n) is 2.29. The highest BCUT2D eigenvalue weighted by Gasteiger charge is 2.12. The predicted molar refractivity (Wildman–Crippen MR) is 59.9 cm³/mol. The van der Waals surface area contributed by atoms with Crippen molar-refractivity contribution in [3.8, 4) is 0 Å².